The van der Waals surface area contributed by atoms with E-state index in [2.05, 4.69) is 5.10 Å². The van der Waals surface area contributed by atoms with E-state index in [1.54, 1.807) is 30.1 Å². The van der Waals surface area contributed by atoms with Crippen LogP contribution in [0.15, 0.2) is 60.8 Å². The fraction of sp³-hybridized carbons (Fsp3) is 0.150. The molecule has 1 aromatic heterocycles. The summed E-state index contributed by atoms with van der Waals surface area (Å²) in [6.45, 7) is 1.10. The van der Waals surface area contributed by atoms with E-state index in [0.29, 0.717) is 17.0 Å². The average molecular weight is 350 g/mol. The molecule has 132 valence electrons. The highest BCUT2D eigenvalue weighted by molar-refractivity contribution is 5.97. The van der Waals surface area contributed by atoms with Crippen molar-refractivity contribution in [2.75, 3.05) is 13.7 Å². The summed E-state index contributed by atoms with van der Waals surface area (Å²) < 4.78 is 11.9. The van der Waals surface area contributed by atoms with Crippen molar-refractivity contribution >= 4 is 11.8 Å². The maximum absolute atomic E-state index is 12.5. The fourth-order valence-electron chi connectivity index (χ4n) is 2.44. The van der Waals surface area contributed by atoms with E-state index in [9.17, 15) is 9.59 Å². The Morgan fingerprint density at radius 2 is 1.73 bits per heavy atom. The van der Waals surface area contributed by atoms with Gasteiger partial charge in [0.2, 0.25) is 0 Å². The standard InChI is InChI=1S/C20H18N2O4/c1-14(23)13-26-20(24)18-12-22(16-6-4-3-5-7-16)21-19(18)15-8-10-17(25-2)11-9-15/h3-12H,13H2,1-2H3. The van der Waals surface area contributed by atoms with Crippen molar-refractivity contribution in [3.63, 3.8) is 0 Å². The number of rotatable bonds is 6. The normalized spacial score (nSPS) is 10.4. The Morgan fingerprint density at radius 3 is 2.35 bits per heavy atom. The van der Waals surface area contributed by atoms with Gasteiger partial charge < -0.3 is 9.47 Å². The van der Waals surface area contributed by atoms with E-state index in [1.165, 1.54) is 6.92 Å². The van der Waals surface area contributed by atoms with Crippen LogP contribution in [-0.4, -0.2) is 35.2 Å². The lowest BCUT2D eigenvalue weighted by atomic mass is 10.1. The number of aromatic nitrogens is 2. The summed E-state index contributed by atoms with van der Waals surface area (Å²) in [6, 6.07) is 16.7. The minimum Gasteiger partial charge on any atom is -0.497 e. The maximum Gasteiger partial charge on any atom is 0.342 e. The van der Waals surface area contributed by atoms with Gasteiger partial charge in [-0.2, -0.15) is 5.10 Å². The molecule has 0 amide bonds. The second-order valence-electron chi connectivity index (χ2n) is 5.68. The van der Waals surface area contributed by atoms with E-state index in [1.807, 2.05) is 42.5 Å². The second-order valence-corrected chi connectivity index (χ2v) is 5.68. The molecular weight excluding hydrogens is 332 g/mol. The minimum atomic E-state index is -0.590. The second kappa shape index (κ2) is 7.65. The van der Waals surface area contributed by atoms with Gasteiger partial charge in [-0.25, -0.2) is 9.48 Å². The maximum atomic E-state index is 12.5. The highest BCUT2D eigenvalue weighted by Gasteiger charge is 2.20. The molecule has 26 heavy (non-hydrogen) atoms. The highest BCUT2D eigenvalue weighted by atomic mass is 16.5. The lowest BCUT2D eigenvalue weighted by molar-refractivity contribution is -0.120. The molecule has 3 aromatic rings. The summed E-state index contributed by atoms with van der Waals surface area (Å²) in [5.74, 6) is -0.107. The Bertz CT molecular complexity index is 915. The molecule has 0 spiro atoms. The van der Waals surface area contributed by atoms with Gasteiger partial charge in [0.25, 0.3) is 0 Å². The summed E-state index contributed by atoms with van der Waals surface area (Å²) in [5.41, 5.74) is 2.33. The van der Waals surface area contributed by atoms with Gasteiger partial charge in [-0.1, -0.05) is 18.2 Å². The Hall–Kier alpha value is -3.41. The monoisotopic (exact) mass is 350 g/mol. The molecule has 6 nitrogen and oxygen atoms in total. The molecular formula is C20H18N2O4. The summed E-state index contributed by atoms with van der Waals surface area (Å²) in [4.78, 5) is 23.6. The predicted molar refractivity (Wildman–Crippen MR) is 96.5 cm³/mol. The molecule has 0 aliphatic rings. The van der Waals surface area contributed by atoms with Gasteiger partial charge in [-0.05, 0) is 43.3 Å². The van der Waals surface area contributed by atoms with E-state index in [4.69, 9.17) is 9.47 Å². The smallest absolute Gasteiger partial charge is 0.342 e. The zero-order chi connectivity index (χ0) is 18.5. The van der Waals surface area contributed by atoms with Gasteiger partial charge in [-0.3, -0.25) is 4.79 Å². The number of Topliss-reactive ketones (excluding diaryl/α,β-unsaturated/α-hetero) is 1. The quantitative estimate of drug-likeness (QED) is 0.638. The van der Waals surface area contributed by atoms with E-state index >= 15 is 0 Å². The number of nitrogens with zero attached hydrogens (tertiary/aromatic N) is 2. The summed E-state index contributed by atoms with van der Waals surface area (Å²) in [5, 5.41) is 4.54. The molecule has 0 unspecified atom stereocenters. The minimum absolute atomic E-state index is 0.222. The van der Waals surface area contributed by atoms with Crippen LogP contribution in [0.25, 0.3) is 16.9 Å². The third-order valence-electron chi connectivity index (χ3n) is 3.72. The molecule has 0 fully saturated rings. The van der Waals surface area contributed by atoms with Crippen LogP contribution in [0.3, 0.4) is 0 Å². The van der Waals surface area contributed by atoms with Gasteiger partial charge in [0, 0.05) is 11.8 Å². The number of esters is 1. The fourth-order valence-corrected chi connectivity index (χ4v) is 2.44. The zero-order valence-electron chi connectivity index (χ0n) is 14.5. The molecule has 3 rings (SSSR count). The molecule has 2 aromatic carbocycles. The highest BCUT2D eigenvalue weighted by Crippen LogP contribution is 2.26. The number of hydrogen-bond acceptors (Lipinski definition) is 5. The summed E-state index contributed by atoms with van der Waals surface area (Å²) in [6.07, 6.45) is 1.61. The third kappa shape index (κ3) is 3.80. The van der Waals surface area contributed by atoms with Crippen LogP contribution in [0.1, 0.15) is 17.3 Å². The first-order chi connectivity index (χ1) is 12.6. The van der Waals surface area contributed by atoms with Crippen LogP contribution >= 0.6 is 0 Å². The van der Waals surface area contributed by atoms with Crippen molar-refractivity contribution in [3.8, 4) is 22.7 Å². The van der Waals surface area contributed by atoms with Crippen LogP contribution in [0.5, 0.6) is 5.75 Å². The Balaban J connectivity index is 2.03. The molecule has 0 atom stereocenters. The van der Waals surface area contributed by atoms with Gasteiger partial charge in [-0.15, -0.1) is 0 Å². The molecule has 1 heterocycles. The number of carbonyl (C=O) groups is 2. The first kappa shape index (κ1) is 17.4. The van der Waals surface area contributed by atoms with Crippen molar-refractivity contribution < 1.29 is 19.1 Å². The topological polar surface area (TPSA) is 70.4 Å². The number of para-hydroxylation sites is 1. The van der Waals surface area contributed by atoms with Crippen molar-refractivity contribution in [1.29, 1.82) is 0 Å². The number of benzene rings is 2. The molecule has 0 bridgehead atoms. The molecule has 0 saturated heterocycles. The number of methoxy groups -OCH3 is 1. The van der Waals surface area contributed by atoms with Crippen molar-refractivity contribution in [2.45, 2.75) is 6.92 Å². The zero-order valence-corrected chi connectivity index (χ0v) is 14.5. The Morgan fingerprint density at radius 1 is 1.04 bits per heavy atom. The van der Waals surface area contributed by atoms with E-state index in [-0.39, 0.29) is 12.4 Å². The van der Waals surface area contributed by atoms with Gasteiger partial charge in [0.15, 0.2) is 5.78 Å². The predicted octanol–water partition coefficient (Wildman–Crippen LogP) is 3.29. The van der Waals surface area contributed by atoms with Crippen LogP contribution in [0, 0.1) is 0 Å². The van der Waals surface area contributed by atoms with E-state index in [0.717, 1.165) is 11.3 Å². The first-order valence-corrected chi connectivity index (χ1v) is 8.04. The Labute approximate surface area is 151 Å². The number of carbonyl (C=O) groups excluding carboxylic acids is 2. The van der Waals surface area contributed by atoms with Crippen LogP contribution < -0.4 is 4.74 Å². The number of hydrogen-bond donors (Lipinski definition) is 0. The van der Waals surface area contributed by atoms with Crippen LogP contribution in [0.2, 0.25) is 0 Å². The number of ether oxygens (including phenoxy) is 2. The van der Waals surface area contributed by atoms with Gasteiger partial charge in [0.05, 0.1) is 12.8 Å². The molecule has 0 aliphatic heterocycles. The van der Waals surface area contributed by atoms with Crippen molar-refractivity contribution in [1.82, 2.24) is 9.78 Å². The number of ketones is 1. The van der Waals surface area contributed by atoms with Gasteiger partial charge in [0.1, 0.15) is 23.6 Å². The first-order valence-electron chi connectivity index (χ1n) is 8.04. The largest absolute Gasteiger partial charge is 0.497 e. The SMILES string of the molecule is COc1ccc(-c2nn(-c3ccccc3)cc2C(=O)OCC(C)=O)cc1. The van der Waals surface area contributed by atoms with Crippen molar-refractivity contribution in [3.05, 3.63) is 66.4 Å². The molecule has 0 N–H and O–H groups in total. The Kier molecular flexibility index (Phi) is 5.12. The molecule has 0 radical (unpaired) electrons. The third-order valence-corrected chi connectivity index (χ3v) is 3.72. The summed E-state index contributed by atoms with van der Waals surface area (Å²) in [7, 11) is 1.59. The molecule has 0 aliphatic carbocycles. The van der Waals surface area contributed by atoms with Crippen molar-refractivity contribution in [2.24, 2.45) is 0 Å². The molecule has 0 saturated carbocycles. The summed E-state index contributed by atoms with van der Waals surface area (Å²) >= 11 is 0. The lowest BCUT2D eigenvalue weighted by Gasteiger charge is -2.04. The van der Waals surface area contributed by atoms with Crippen LogP contribution in [0.4, 0.5) is 0 Å². The van der Waals surface area contributed by atoms with Gasteiger partial charge >= 0.3 is 5.97 Å². The van der Waals surface area contributed by atoms with Crippen LogP contribution in [-0.2, 0) is 9.53 Å². The van der Waals surface area contributed by atoms with E-state index < -0.39 is 5.97 Å². The average Bonchev–Trinajstić information content (AvgIpc) is 3.12. The molecule has 6 heteroatoms. The lowest BCUT2D eigenvalue weighted by Crippen LogP contribution is -2.11.